The van der Waals surface area contributed by atoms with Gasteiger partial charge in [-0.25, -0.2) is 0 Å². The van der Waals surface area contributed by atoms with Crippen molar-refractivity contribution in [3.8, 4) is 0 Å². The van der Waals surface area contributed by atoms with Crippen molar-refractivity contribution in [2.75, 3.05) is 0 Å². The molecule has 0 aromatic heterocycles. The Morgan fingerprint density at radius 3 is 1.47 bits per heavy atom. The molecule has 0 bridgehead atoms. The predicted octanol–water partition coefficient (Wildman–Crippen LogP) is 3.03. The zero-order chi connectivity index (χ0) is 12.8. The first-order valence-electron chi connectivity index (χ1n) is 7.06. The van der Waals surface area contributed by atoms with Gasteiger partial charge < -0.3 is 0 Å². The summed E-state index contributed by atoms with van der Waals surface area (Å²) >= 11 is 0. The summed E-state index contributed by atoms with van der Waals surface area (Å²) in [7, 11) is 0. The molecule has 1 aliphatic heterocycles. The molecule has 0 aromatic rings. The molecule has 0 N–H and O–H groups in total. The van der Waals surface area contributed by atoms with Crippen molar-refractivity contribution in [1.82, 2.24) is 0 Å². The summed E-state index contributed by atoms with van der Waals surface area (Å²) in [5.74, 6) is 0. The minimum atomic E-state index is 0.150. The average molecular weight is 236 g/mol. The molecular weight excluding hydrogens is 208 g/mol. The van der Waals surface area contributed by atoms with Crippen LogP contribution in [0.1, 0.15) is 67.2 Å². The maximum absolute atomic E-state index is 2.67. The number of nitrogens with zero attached hydrogens (tertiary/aromatic N) is 2. The Morgan fingerprint density at radius 2 is 1.18 bits per heavy atom. The van der Waals surface area contributed by atoms with Crippen LogP contribution >= 0.6 is 0 Å². The van der Waals surface area contributed by atoms with Gasteiger partial charge in [0.15, 0.2) is 11.4 Å². The lowest BCUT2D eigenvalue weighted by atomic mass is 9.91. The van der Waals surface area contributed by atoms with Crippen LogP contribution in [-0.4, -0.2) is 38.3 Å². The Hall–Kier alpha value is -0.660. The van der Waals surface area contributed by atoms with E-state index in [-0.39, 0.29) is 5.66 Å². The smallest absolute Gasteiger partial charge is 0.166 e. The highest BCUT2D eigenvalue weighted by atomic mass is 15.4. The van der Waals surface area contributed by atoms with E-state index in [1.165, 1.54) is 37.1 Å². The first-order chi connectivity index (χ1) is 7.87. The molecule has 0 unspecified atom stereocenters. The third-order valence-corrected chi connectivity index (χ3v) is 4.50. The number of fused-ring (bicyclic) bond motifs is 1. The zero-order valence-electron chi connectivity index (χ0n) is 12.4. The quantitative estimate of drug-likeness (QED) is 0.570. The third kappa shape index (κ3) is 1.86. The van der Waals surface area contributed by atoms with Gasteiger partial charge in [-0.05, 0) is 12.8 Å². The summed E-state index contributed by atoms with van der Waals surface area (Å²) in [4.78, 5) is 0. The number of hydrogen-bond donors (Lipinski definition) is 0. The molecule has 0 radical (unpaired) electrons. The fourth-order valence-electron chi connectivity index (χ4n) is 4.38. The maximum Gasteiger partial charge on any atom is 0.346 e. The third-order valence-electron chi connectivity index (χ3n) is 4.50. The number of rotatable bonds is 0. The zero-order valence-corrected chi connectivity index (χ0v) is 12.4. The lowest BCUT2D eigenvalue weighted by Gasteiger charge is -2.16. The molecular formula is C15H28N2+2. The summed E-state index contributed by atoms with van der Waals surface area (Å²) in [5, 5.41) is 0. The first-order valence-corrected chi connectivity index (χ1v) is 7.06. The highest BCUT2D eigenvalue weighted by Gasteiger charge is 2.62. The summed E-state index contributed by atoms with van der Waals surface area (Å²) < 4.78 is 5.34. The van der Waals surface area contributed by atoms with Crippen LogP contribution in [0.15, 0.2) is 0 Å². The molecule has 1 heterocycles. The van der Waals surface area contributed by atoms with Crippen LogP contribution in [0, 0.1) is 0 Å². The monoisotopic (exact) mass is 236 g/mol. The molecule has 2 atom stereocenters. The molecule has 1 saturated carbocycles. The molecule has 2 fully saturated rings. The van der Waals surface area contributed by atoms with E-state index in [9.17, 15) is 0 Å². The van der Waals surface area contributed by atoms with E-state index in [2.05, 4.69) is 50.7 Å². The van der Waals surface area contributed by atoms with Crippen LogP contribution in [0.2, 0.25) is 0 Å². The minimum absolute atomic E-state index is 0.150. The van der Waals surface area contributed by atoms with Gasteiger partial charge in [0.25, 0.3) is 0 Å². The van der Waals surface area contributed by atoms with Crippen LogP contribution in [0.4, 0.5) is 0 Å². The van der Waals surface area contributed by atoms with Gasteiger partial charge in [0, 0.05) is 40.5 Å². The fourth-order valence-corrected chi connectivity index (χ4v) is 4.38. The van der Waals surface area contributed by atoms with Crippen LogP contribution in [0.25, 0.3) is 0 Å². The molecule has 1 aliphatic carbocycles. The van der Waals surface area contributed by atoms with Crippen LogP contribution in [-0.2, 0) is 0 Å². The molecule has 2 rings (SSSR count). The summed E-state index contributed by atoms with van der Waals surface area (Å²) in [5.41, 5.74) is 3.09. The Bertz CT molecular complexity index is 344. The standard InChI is InChI=1S/C15H28N2/c1-11(2)16-13-9-7-8-10-14(13)17(12(3)4)15(16,5)6/h13-14H,7-10H2,1-6H3/q+2/t13-,14+. The summed E-state index contributed by atoms with van der Waals surface area (Å²) in [6, 6.07) is 1.47. The molecule has 2 nitrogen and oxygen atoms in total. The van der Waals surface area contributed by atoms with Gasteiger partial charge >= 0.3 is 5.66 Å². The average Bonchev–Trinajstić information content (AvgIpc) is 2.42. The highest BCUT2D eigenvalue weighted by Crippen LogP contribution is 2.36. The minimum Gasteiger partial charge on any atom is -0.166 e. The molecule has 0 amide bonds. The molecule has 2 aliphatic rings. The van der Waals surface area contributed by atoms with E-state index in [1.807, 2.05) is 0 Å². The molecule has 0 spiro atoms. The van der Waals surface area contributed by atoms with E-state index >= 15 is 0 Å². The normalized spacial score (nSPS) is 31.4. The van der Waals surface area contributed by atoms with E-state index < -0.39 is 0 Å². The Morgan fingerprint density at radius 1 is 0.824 bits per heavy atom. The Balaban J connectivity index is 2.58. The molecule has 2 heteroatoms. The van der Waals surface area contributed by atoms with Gasteiger partial charge in [-0.3, -0.25) is 0 Å². The second-order valence-corrected chi connectivity index (χ2v) is 6.55. The topological polar surface area (TPSA) is 6.02 Å². The maximum atomic E-state index is 2.67. The summed E-state index contributed by atoms with van der Waals surface area (Å²) in [6.45, 7) is 13.8. The van der Waals surface area contributed by atoms with Crippen molar-refractivity contribution in [1.29, 1.82) is 0 Å². The second kappa shape index (κ2) is 4.22. The predicted molar refractivity (Wildman–Crippen MR) is 73.4 cm³/mol. The van der Waals surface area contributed by atoms with Crippen molar-refractivity contribution in [3.05, 3.63) is 0 Å². The van der Waals surface area contributed by atoms with Gasteiger partial charge in [0.2, 0.25) is 12.1 Å². The van der Waals surface area contributed by atoms with E-state index in [1.54, 1.807) is 0 Å². The van der Waals surface area contributed by atoms with Crippen molar-refractivity contribution in [3.63, 3.8) is 0 Å². The lowest BCUT2D eigenvalue weighted by Crippen LogP contribution is -2.43. The van der Waals surface area contributed by atoms with Gasteiger partial charge in [0.1, 0.15) is 0 Å². The van der Waals surface area contributed by atoms with Gasteiger partial charge in [-0.1, -0.05) is 0 Å². The Kier molecular flexibility index (Phi) is 3.17. The second-order valence-electron chi connectivity index (χ2n) is 6.55. The van der Waals surface area contributed by atoms with Gasteiger partial charge in [-0.15, -0.1) is 0 Å². The van der Waals surface area contributed by atoms with Crippen LogP contribution in [0.5, 0.6) is 0 Å². The van der Waals surface area contributed by atoms with Crippen LogP contribution < -0.4 is 0 Å². The molecule has 0 aromatic carbocycles. The fraction of sp³-hybridized carbons (Fsp3) is 0.867. The van der Waals surface area contributed by atoms with Gasteiger partial charge in [-0.2, -0.15) is 9.15 Å². The molecule has 1 saturated heterocycles. The van der Waals surface area contributed by atoms with E-state index in [4.69, 9.17) is 0 Å². The SMILES string of the molecule is CC(C)=[N+]1[C@@H]2CCCC[C@@H]2[N+](=C(C)C)C1(C)C. The van der Waals surface area contributed by atoms with E-state index in [0.717, 1.165) is 12.1 Å². The first kappa shape index (κ1) is 12.8. The van der Waals surface area contributed by atoms with Crippen molar-refractivity contribution >= 4 is 11.4 Å². The van der Waals surface area contributed by atoms with Crippen LogP contribution in [0.3, 0.4) is 0 Å². The lowest BCUT2D eigenvalue weighted by molar-refractivity contribution is -0.767. The van der Waals surface area contributed by atoms with Crippen molar-refractivity contribution in [2.45, 2.75) is 85.0 Å². The summed E-state index contributed by atoms with van der Waals surface area (Å²) in [6.07, 6.45) is 5.53. The van der Waals surface area contributed by atoms with E-state index in [0.29, 0.717) is 0 Å². The van der Waals surface area contributed by atoms with Gasteiger partial charge in [0.05, 0.1) is 13.8 Å². The van der Waals surface area contributed by atoms with Crippen molar-refractivity contribution in [2.24, 2.45) is 0 Å². The highest BCUT2D eigenvalue weighted by molar-refractivity contribution is 5.75. The largest absolute Gasteiger partial charge is 0.346 e. The molecule has 17 heavy (non-hydrogen) atoms. The number of hydrogen-bond acceptors (Lipinski definition) is 0. The van der Waals surface area contributed by atoms with Crippen molar-refractivity contribution < 1.29 is 9.15 Å². The molecule has 96 valence electrons. The Labute approximate surface area is 106 Å².